The first-order valence-electron chi connectivity index (χ1n) is 6.09. The molecule has 96 valence electrons. The van der Waals surface area contributed by atoms with E-state index in [4.69, 9.17) is 0 Å². The van der Waals surface area contributed by atoms with Crippen molar-refractivity contribution in [1.29, 1.82) is 0 Å². The third-order valence-electron chi connectivity index (χ3n) is 3.55. The van der Waals surface area contributed by atoms with Gasteiger partial charge in [-0.15, -0.1) is 11.3 Å². The minimum absolute atomic E-state index is 0.0172. The SMILES string of the molecule is Cn1c(=O)n(C2CCCNC2)c(=O)c2sccc21. The number of hydrogen-bond acceptors (Lipinski definition) is 4. The van der Waals surface area contributed by atoms with Gasteiger partial charge in [-0.25, -0.2) is 4.79 Å². The molecule has 1 aliphatic rings. The summed E-state index contributed by atoms with van der Waals surface area (Å²) in [5.41, 5.74) is 0.381. The van der Waals surface area contributed by atoms with Gasteiger partial charge < -0.3 is 5.32 Å². The summed E-state index contributed by atoms with van der Waals surface area (Å²) in [6, 6.07) is 1.81. The summed E-state index contributed by atoms with van der Waals surface area (Å²) in [6.45, 7) is 1.67. The predicted octanol–water partition coefficient (Wildman–Crippen LogP) is 0.686. The van der Waals surface area contributed by atoms with E-state index in [2.05, 4.69) is 5.32 Å². The highest BCUT2D eigenvalue weighted by atomic mass is 32.1. The van der Waals surface area contributed by atoms with Crippen molar-refractivity contribution in [3.63, 3.8) is 0 Å². The molecule has 3 heterocycles. The second kappa shape index (κ2) is 4.37. The molecule has 0 aliphatic carbocycles. The first-order valence-corrected chi connectivity index (χ1v) is 6.97. The van der Waals surface area contributed by atoms with Crippen LogP contribution >= 0.6 is 11.3 Å². The molecule has 1 fully saturated rings. The molecule has 1 aliphatic heterocycles. The van der Waals surface area contributed by atoms with Gasteiger partial charge in [0, 0.05) is 13.6 Å². The second-order valence-electron chi connectivity index (χ2n) is 4.65. The maximum Gasteiger partial charge on any atom is 0.331 e. The highest BCUT2D eigenvalue weighted by molar-refractivity contribution is 7.17. The van der Waals surface area contributed by atoms with Crippen molar-refractivity contribution in [3.05, 3.63) is 32.3 Å². The van der Waals surface area contributed by atoms with Crippen LogP contribution in [0.3, 0.4) is 0 Å². The number of nitrogens with zero attached hydrogens (tertiary/aromatic N) is 2. The van der Waals surface area contributed by atoms with Crippen LogP contribution in [0.2, 0.25) is 0 Å². The van der Waals surface area contributed by atoms with Gasteiger partial charge in [-0.2, -0.15) is 0 Å². The Morgan fingerprint density at radius 1 is 1.44 bits per heavy atom. The number of aromatic nitrogens is 2. The fourth-order valence-electron chi connectivity index (χ4n) is 2.56. The Labute approximate surface area is 108 Å². The Balaban J connectivity index is 2.28. The average Bonchev–Trinajstić information content (AvgIpc) is 2.87. The highest BCUT2D eigenvalue weighted by Gasteiger charge is 2.21. The molecular weight excluding hydrogens is 250 g/mol. The number of thiophene rings is 1. The van der Waals surface area contributed by atoms with Gasteiger partial charge in [-0.05, 0) is 30.8 Å². The quantitative estimate of drug-likeness (QED) is 0.825. The Morgan fingerprint density at radius 2 is 2.28 bits per heavy atom. The molecule has 6 heteroatoms. The summed E-state index contributed by atoms with van der Waals surface area (Å²) in [4.78, 5) is 24.7. The standard InChI is InChI=1S/C12H15N3O2S/c1-14-9-4-6-18-10(9)11(16)15(12(14)17)8-3-2-5-13-7-8/h4,6,8,13H,2-3,5,7H2,1H3. The number of nitrogens with one attached hydrogen (secondary N) is 1. The third-order valence-corrected chi connectivity index (χ3v) is 4.44. The van der Waals surface area contributed by atoms with Gasteiger partial charge in [0.2, 0.25) is 0 Å². The van der Waals surface area contributed by atoms with E-state index < -0.39 is 0 Å². The van der Waals surface area contributed by atoms with E-state index in [1.807, 2.05) is 11.4 Å². The van der Waals surface area contributed by atoms with E-state index in [0.29, 0.717) is 11.2 Å². The van der Waals surface area contributed by atoms with Crippen LogP contribution in [-0.4, -0.2) is 22.2 Å². The first kappa shape index (κ1) is 11.7. The zero-order chi connectivity index (χ0) is 12.7. The van der Waals surface area contributed by atoms with Gasteiger partial charge in [-0.3, -0.25) is 13.9 Å². The van der Waals surface area contributed by atoms with Crippen molar-refractivity contribution in [3.8, 4) is 0 Å². The summed E-state index contributed by atoms with van der Waals surface area (Å²) in [6.07, 6.45) is 1.89. The molecule has 1 atom stereocenters. The highest BCUT2D eigenvalue weighted by Crippen LogP contribution is 2.17. The van der Waals surface area contributed by atoms with E-state index in [-0.39, 0.29) is 17.3 Å². The Kier molecular flexibility index (Phi) is 2.83. The zero-order valence-corrected chi connectivity index (χ0v) is 11.0. The molecule has 0 aromatic carbocycles. The number of rotatable bonds is 1. The molecule has 1 N–H and O–H groups in total. The van der Waals surface area contributed by atoms with Crippen LogP contribution in [0.5, 0.6) is 0 Å². The topological polar surface area (TPSA) is 56.0 Å². The summed E-state index contributed by atoms with van der Waals surface area (Å²) in [5.74, 6) is 0. The van der Waals surface area contributed by atoms with Gasteiger partial charge in [0.1, 0.15) is 4.70 Å². The average molecular weight is 265 g/mol. The monoisotopic (exact) mass is 265 g/mol. The van der Waals surface area contributed by atoms with Crippen LogP contribution in [-0.2, 0) is 7.05 Å². The maximum absolute atomic E-state index is 12.4. The van der Waals surface area contributed by atoms with Crippen LogP contribution in [0.25, 0.3) is 10.2 Å². The van der Waals surface area contributed by atoms with E-state index in [0.717, 1.165) is 24.9 Å². The number of piperidine rings is 1. The molecule has 0 bridgehead atoms. The number of aryl methyl sites for hydroxylation is 1. The summed E-state index contributed by atoms with van der Waals surface area (Å²) < 4.78 is 3.66. The molecule has 18 heavy (non-hydrogen) atoms. The van der Waals surface area contributed by atoms with Crippen LogP contribution in [0.1, 0.15) is 18.9 Å². The van der Waals surface area contributed by atoms with Crippen molar-refractivity contribution >= 4 is 21.6 Å². The smallest absolute Gasteiger partial charge is 0.315 e. The summed E-state index contributed by atoms with van der Waals surface area (Å²) in [7, 11) is 1.73. The van der Waals surface area contributed by atoms with E-state index in [1.165, 1.54) is 15.9 Å². The van der Waals surface area contributed by atoms with Crippen molar-refractivity contribution in [2.45, 2.75) is 18.9 Å². The zero-order valence-electron chi connectivity index (χ0n) is 10.2. The fraction of sp³-hybridized carbons (Fsp3) is 0.500. The Hall–Kier alpha value is -1.40. The first-order chi connectivity index (χ1) is 8.70. The third kappa shape index (κ3) is 1.64. The second-order valence-corrected chi connectivity index (χ2v) is 5.57. The van der Waals surface area contributed by atoms with Crippen LogP contribution in [0.4, 0.5) is 0 Å². The molecule has 0 spiro atoms. The van der Waals surface area contributed by atoms with E-state index in [1.54, 1.807) is 11.6 Å². The van der Waals surface area contributed by atoms with Gasteiger partial charge in [0.15, 0.2) is 0 Å². The minimum Gasteiger partial charge on any atom is -0.315 e. The maximum atomic E-state index is 12.4. The van der Waals surface area contributed by atoms with Crippen LogP contribution < -0.4 is 16.6 Å². The Bertz CT molecular complexity index is 691. The van der Waals surface area contributed by atoms with Gasteiger partial charge >= 0.3 is 5.69 Å². The largest absolute Gasteiger partial charge is 0.331 e. The van der Waals surface area contributed by atoms with Crippen molar-refractivity contribution in [2.75, 3.05) is 13.1 Å². The van der Waals surface area contributed by atoms with E-state index in [9.17, 15) is 9.59 Å². The van der Waals surface area contributed by atoms with Gasteiger partial charge in [0.25, 0.3) is 5.56 Å². The summed E-state index contributed by atoms with van der Waals surface area (Å²) >= 11 is 1.40. The molecule has 0 radical (unpaired) electrons. The molecule has 3 rings (SSSR count). The molecule has 0 amide bonds. The lowest BCUT2D eigenvalue weighted by Crippen LogP contribution is -2.45. The fourth-order valence-corrected chi connectivity index (χ4v) is 3.42. The van der Waals surface area contributed by atoms with Crippen molar-refractivity contribution in [2.24, 2.45) is 7.05 Å². The van der Waals surface area contributed by atoms with Crippen molar-refractivity contribution in [1.82, 2.24) is 14.5 Å². The molecule has 0 saturated carbocycles. The van der Waals surface area contributed by atoms with Crippen LogP contribution in [0, 0.1) is 0 Å². The summed E-state index contributed by atoms with van der Waals surface area (Å²) in [5, 5.41) is 5.10. The molecule has 2 aromatic rings. The number of hydrogen-bond donors (Lipinski definition) is 1. The Morgan fingerprint density at radius 3 is 3.00 bits per heavy atom. The molecule has 1 saturated heterocycles. The van der Waals surface area contributed by atoms with E-state index >= 15 is 0 Å². The van der Waals surface area contributed by atoms with Gasteiger partial charge in [0.05, 0.1) is 11.6 Å². The molecular formula is C12H15N3O2S. The number of fused-ring (bicyclic) bond motifs is 1. The lowest BCUT2D eigenvalue weighted by molar-refractivity contribution is 0.351. The molecule has 2 aromatic heterocycles. The normalized spacial score (nSPS) is 20.4. The molecule has 1 unspecified atom stereocenters. The lowest BCUT2D eigenvalue weighted by Gasteiger charge is -2.24. The minimum atomic E-state index is -0.209. The van der Waals surface area contributed by atoms with Crippen molar-refractivity contribution < 1.29 is 0 Å². The predicted molar refractivity (Wildman–Crippen MR) is 72.5 cm³/mol. The lowest BCUT2D eigenvalue weighted by atomic mass is 10.1. The molecule has 5 nitrogen and oxygen atoms in total. The van der Waals surface area contributed by atoms with Crippen LogP contribution in [0.15, 0.2) is 21.0 Å². The van der Waals surface area contributed by atoms with Gasteiger partial charge in [-0.1, -0.05) is 0 Å².